The molecule has 1 aliphatic heterocycles. The fourth-order valence-electron chi connectivity index (χ4n) is 2.40. The molecule has 0 fully saturated rings. The van der Waals surface area contributed by atoms with Crippen LogP contribution in [0.2, 0.25) is 0 Å². The second kappa shape index (κ2) is 5.30. The van der Waals surface area contributed by atoms with Crippen molar-refractivity contribution >= 4 is 23.1 Å². The molecule has 0 aromatic carbocycles. The van der Waals surface area contributed by atoms with Gasteiger partial charge in [-0.05, 0) is 19.1 Å². The van der Waals surface area contributed by atoms with Crippen molar-refractivity contribution in [3.63, 3.8) is 0 Å². The number of anilines is 1. The first-order valence-corrected chi connectivity index (χ1v) is 7.36. The van der Waals surface area contributed by atoms with Crippen LogP contribution >= 0.6 is 11.3 Å². The second-order valence-corrected chi connectivity index (χ2v) is 6.15. The molecule has 1 aliphatic rings. The Hall–Kier alpha value is -1.79. The number of fused-ring (bicyclic) bond motifs is 1. The summed E-state index contributed by atoms with van der Waals surface area (Å²) < 4.78 is 0. The Morgan fingerprint density at radius 3 is 3.10 bits per heavy atom. The van der Waals surface area contributed by atoms with Crippen molar-refractivity contribution in [2.45, 2.75) is 26.4 Å². The standard InChI is InChI=1S/C14H16N4OS/c1-9(19)13-3-2-11(20-13)8-18-5-4-12-10(7-18)6-16-14(15)17-12/h2-3,6H,4-5,7-8H2,1H3,(H2,15,16,17). The van der Waals surface area contributed by atoms with Gasteiger partial charge in [-0.15, -0.1) is 11.3 Å². The van der Waals surface area contributed by atoms with Crippen LogP contribution in [0.4, 0.5) is 5.95 Å². The van der Waals surface area contributed by atoms with Gasteiger partial charge in [0, 0.05) is 42.7 Å². The molecule has 6 heteroatoms. The van der Waals surface area contributed by atoms with Gasteiger partial charge in [0.15, 0.2) is 5.78 Å². The van der Waals surface area contributed by atoms with Gasteiger partial charge in [-0.25, -0.2) is 9.97 Å². The highest BCUT2D eigenvalue weighted by molar-refractivity contribution is 7.14. The predicted molar refractivity (Wildman–Crippen MR) is 78.6 cm³/mol. The number of carbonyl (C=O) groups is 1. The molecule has 20 heavy (non-hydrogen) atoms. The van der Waals surface area contributed by atoms with Crippen molar-refractivity contribution < 1.29 is 4.79 Å². The van der Waals surface area contributed by atoms with E-state index in [1.54, 1.807) is 18.3 Å². The number of nitrogens with zero attached hydrogens (tertiary/aromatic N) is 3. The fourth-order valence-corrected chi connectivity index (χ4v) is 3.34. The van der Waals surface area contributed by atoms with Gasteiger partial charge in [-0.1, -0.05) is 0 Å². The summed E-state index contributed by atoms with van der Waals surface area (Å²) in [6.45, 7) is 4.26. The monoisotopic (exact) mass is 288 g/mol. The number of ketones is 1. The van der Waals surface area contributed by atoms with Gasteiger partial charge in [0.1, 0.15) is 0 Å². The minimum Gasteiger partial charge on any atom is -0.368 e. The first kappa shape index (κ1) is 13.2. The van der Waals surface area contributed by atoms with Gasteiger partial charge < -0.3 is 5.73 Å². The van der Waals surface area contributed by atoms with Crippen molar-refractivity contribution in [2.75, 3.05) is 12.3 Å². The molecule has 2 aromatic heterocycles. The molecule has 0 bridgehead atoms. The summed E-state index contributed by atoms with van der Waals surface area (Å²) >= 11 is 1.58. The number of carbonyl (C=O) groups excluding carboxylic acids is 1. The fraction of sp³-hybridized carbons (Fsp3) is 0.357. The molecule has 0 saturated heterocycles. The predicted octanol–water partition coefficient (Wildman–Crippen LogP) is 1.88. The maximum Gasteiger partial charge on any atom is 0.220 e. The van der Waals surface area contributed by atoms with E-state index in [1.165, 1.54) is 4.88 Å². The third-order valence-electron chi connectivity index (χ3n) is 3.42. The number of hydrogen-bond acceptors (Lipinski definition) is 6. The Bertz CT molecular complexity index is 652. The van der Waals surface area contributed by atoms with E-state index in [9.17, 15) is 4.79 Å². The third-order valence-corrected chi connectivity index (χ3v) is 4.59. The maximum atomic E-state index is 11.3. The molecule has 0 unspecified atom stereocenters. The molecule has 0 aliphatic carbocycles. The van der Waals surface area contributed by atoms with Crippen LogP contribution in [-0.4, -0.2) is 27.2 Å². The van der Waals surface area contributed by atoms with Gasteiger partial charge in [0.2, 0.25) is 5.95 Å². The summed E-state index contributed by atoms with van der Waals surface area (Å²) in [5, 5.41) is 0. The van der Waals surface area contributed by atoms with Gasteiger partial charge in [-0.3, -0.25) is 9.69 Å². The molecule has 3 heterocycles. The van der Waals surface area contributed by atoms with Crippen molar-refractivity contribution in [3.05, 3.63) is 39.3 Å². The van der Waals surface area contributed by atoms with E-state index < -0.39 is 0 Å². The summed E-state index contributed by atoms with van der Waals surface area (Å²) in [7, 11) is 0. The van der Waals surface area contributed by atoms with Crippen LogP contribution in [0.5, 0.6) is 0 Å². The van der Waals surface area contributed by atoms with Gasteiger partial charge in [0.05, 0.1) is 10.6 Å². The lowest BCUT2D eigenvalue weighted by Crippen LogP contribution is -2.30. The molecule has 0 atom stereocenters. The smallest absolute Gasteiger partial charge is 0.220 e. The zero-order valence-corrected chi connectivity index (χ0v) is 12.1. The Kier molecular flexibility index (Phi) is 3.50. The average molecular weight is 288 g/mol. The van der Waals surface area contributed by atoms with Crippen molar-refractivity contribution in [3.8, 4) is 0 Å². The number of thiophene rings is 1. The number of hydrogen-bond donors (Lipinski definition) is 1. The zero-order chi connectivity index (χ0) is 14.1. The maximum absolute atomic E-state index is 11.3. The zero-order valence-electron chi connectivity index (χ0n) is 11.3. The molecule has 3 rings (SSSR count). The molecule has 0 spiro atoms. The lowest BCUT2D eigenvalue weighted by Gasteiger charge is -2.27. The lowest BCUT2D eigenvalue weighted by molar-refractivity contribution is 0.102. The molecular formula is C14H16N4OS. The van der Waals surface area contributed by atoms with E-state index >= 15 is 0 Å². The molecule has 0 amide bonds. The second-order valence-electron chi connectivity index (χ2n) is 4.98. The largest absolute Gasteiger partial charge is 0.368 e. The average Bonchev–Trinajstić information content (AvgIpc) is 2.88. The molecule has 104 valence electrons. The Labute approximate surface area is 121 Å². The minimum atomic E-state index is 0.133. The van der Waals surface area contributed by atoms with E-state index in [2.05, 4.69) is 14.9 Å². The van der Waals surface area contributed by atoms with Crippen LogP contribution < -0.4 is 5.73 Å². The van der Waals surface area contributed by atoms with Gasteiger partial charge in [0.25, 0.3) is 0 Å². The molecule has 0 saturated carbocycles. The van der Waals surface area contributed by atoms with Crippen molar-refractivity contribution in [2.24, 2.45) is 0 Å². The van der Waals surface area contributed by atoms with E-state index in [0.29, 0.717) is 5.95 Å². The van der Waals surface area contributed by atoms with Crippen LogP contribution in [0, 0.1) is 0 Å². The van der Waals surface area contributed by atoms with E-state index in [1.807, 2.05) is 18.3 Å². The van der Waals surface area contributed by atoms with Crippen LogP contribution in [0.15, 0.2) is 18.3 Å². The number of aromatic nitrogens is 2. The van der Waals surface area contributed by atoms with E-state index in [-0.39, 0.29) is 5.78 Å². The molecule has 5 nitrogen and oxygen atoms in total. The first-order chi connectivity index (χ1) is 9.61. The Morgan fingerprint density at radius 2 is 2.35 bits per heavy atom. The highest BCUT2D eigenvalue weighted by atomic mass is 32.1. The SMILES string of the molecule is CC(=O)c1ccc(CN2CCc3nc(N)ncc3C2)s1. The topological polar surface area (TPSA) is 72.1 Å². The summed E-state index contributed by atoms with van der Waals surface area (Å²) in [4.78, 5) is 24.0. The number of nitrogens with two attached hydrogens (primary N) is 1. The van der Waals surface area contributed by atoms with Crippen molar-refractivity contribution in [1.82, 2.24) is 14.9 Å². The highest BCUT2D eigenvalue weighted by Crippen LogP contribution is 2.23. The van der Waals surface area contributed by atoms with Crippen LogP contribution in [0.1, 0.15) is 32.7 Å². The van der Waals surface area contributed by atoms with Crippen LogP contribution in [0.3, 0.4) is 0 Å². The molecule has 2 aromatic rings. The Morgan fingerprint density at radius 1 is 1.50 bits per heavy atom. The molecule has 2 N–H and O–H groups in total. The van der Waals surface area contributed by atoms with Gasteiger partial charge >= 0.3 is 0 Å². The summed E-state index contributed by atoms with van der Waals surface area (Å²) in [5.74, 6) is 0.482. The minimum absolute atomic E-state index is 0.133. The Balaban J connectivity index is 1.70. The van der Waals surface area contributed by atoms with Crippen LogP contribution in [-0.2, 0) is 19.5 Å². The van der Waals surface area contributed by atoms with Gasteiger partial charge in [-0.2, -0.15) is 0 Å². The lowest BCUT2D eigenvalue weighted by atomic mass is 10.1. The molecule has 0 radical (unpaired) electrons. The highest BCUT2D eigenvalue weighted by Gasteiger charge is 2.18. The van der Waals surface area contributed by atoms with Crippen molar-refractivity contribution in [1.29, 1.82) is 0 Å². The molecular weight excluding hydrogens is 272 g/mol. The van der Waals surface area contributed by atoms with Crippen LogP contribution in [0.25, 0.3) is 0 Å². The first-order valence-electron chi connectivity index (χ1n) is 6.54. The van der Waals surface area contributed by atoms with E-state index in [0.717, 1.165) is 42.2 Å². The summed E-state index contributed by atoms with van der Waals surface area (Å²) in [6, 6.07) is 3.94. The summed E-state index contributed by atoms with van der Waals surface area (Å²) in [5.41, 5.74) is 7.81. The third kappa shape index (κ3) is 2.71. The number of nitrogen functional groups attached to an aromatic ring is 1. The quantitative estimate of drug-likeness (QED) is 0.873. The summed E-state index contributed by atoms with van der Waals surface area (Å²) in [6.07, 6.45) is 2.71. The number of rotatable bonds is 3. The number of Topliss-reactive ketones (excluding diaryl/α,β-unsaturated/α-hetero) is 1. The normalized spacial score (nSPS) is 15.1. The van der Waals surface area contributed by atoms with E-state index in [4.69, 9.17) is 5.73 Å².